The van der Waals surface area contributed by atoms with Gasteiger partial charge in [-0.05, 0) is 22.3 Å². The molecule has 0 amide bonds. The Morgan fingerprint density at radius 2 is 0.455 bits per heavy atom. The Hall–Kier alpha value is -0.921. The van der Waals surface area contributed by atoms with Gasteiger partial charge in [0.25, 0.3) is 0 Å². The number of rotatable bonds is 4. The molecule has 0 aliphatic heterocycles. The monoisotopic (exact) mass is 616 g/mol. The maximum Gasteiger partial charge on any atom is 0.0154 e. The van der Waals surface area contributed by atoms with Crippen LogP contribution in [0.25, 0.3) is 0 Å². The molecule has 0 aliphatic rings. The first-order chi connectivity index (χ1) is 15.7. The van der Waals surface area contributed by atoms with Crippen LogP contribution in [0.4, 0.5) is 0 Å². The van der Waals surface area contributed by atoms with Crippen LogP contribution in [-0.4, -0.2) is 23.9 Å². The number of benzene rings is 4. The van der Waals surface area contributed by atoms with Gasteiger partial charge in [-0.1, -0.05) is 121 Å². The molecule has 4 aromatic carbocycles. The van der Waals surface area contributed by atoms with Crippen molar-refractivity contribution in [2.24, 2.45) is 0 Å². The fourth-order valence-electron chi connectivity index (χ4n) is 2.33. The smallest absolute Gasteiger partial charge is 0.0154 e. The van der Waals surface area contributed by atoms with Gasteiger partial charge in [-0.2, -0.15) is 50.5 Å². The Bertz CT molecular complexity index is 747. The van der Waals surface area contributed by atoms with Crippen LogP contribution in [0.3, 0.4) is 0 Å². The van der Waals surface area contributed by atoms with E-state index in [0.29, 0.717) is 0 Å². The third-order valence-corrected chi connectivity index (χ3v) is 5.56. The maximum absolute atomic E-state index is 4.11. The van der Waals surface area contributed by atoms with Crippen LogP contribution in [0.5, 0.6) is 0 Å². The van der Waals surface area contributed by atoms with Gasteiger partial charge in [0.05, 0.1) is 0 Å². The Morgan fingerprint density at radius 1 is 0.303 bits per heavy atom. The molecule has 4 aromatic rings. The molecular weight excluding hydrogens is 583 g/mol. The van der Waals surface area contributed by atoms with Crippen molar-refractivity contribution in [3.63, 3.8) is 0 Å². The summed E-state index contributed by atoms with van der Waals surface area (Å²) in [6.45, 7) is 0. The fourth-order valence-corrected chi connectivity index (χ4v) is 3.18. The molecule has 4 rings (SSSR count). The summed E-state index contributed by atoms with van der Waals surface area (Å²) in [6, 6.07) is 40.7. The molecule has 5 heteroatoms. The van der Waals surface area contributed by atoms with Gasteiger partial charge in [0.15, 0.2) is 0 Å². The molecule has 0 spiro atoms. The van der Waals surface area contributed by atoms with E-state index in [4.69, 9.17) is 0 Å². The summed E-state index contributed by atoms with van der Waals surface area (Å²) in [5, 5.41) is 0. The van der Waals surface area contributed by atoms with Crippen LogP contribution in [0.2, 0.25) is 0 Å². The summed E-state index contributed by atoms with van der Waals surface area (Å²) in [7, 11) is 0. The molecule has 33 heavy (non-hydrogen) atoms. The van der Waals surface area contributed by atoms with Gasteiger partial charge in [-0.25, -0.2) is 0 Å². The van der Waals surface area contributed by atoms with Crippen molar-refractivity contribution >= 4 is 74.4 Å². The maximum atomic E-state index is 4.11. The largest absolute Gasteiger partial charge is 0.175 e. The second kappa shape index (κ2) is 22.9. The first-order valence-corrected chi connectivity index (χ1v) is 12.9. The molecule has 0 nitrogen and oxygen atoms in total. The van der Waals surface area contributed by atoms with E-state index in [9.17, 15) is 0 Å². The molecule has 4 radical (unpaired) electrons. The molecule has 172 valence electrons. The van der Waals surface area contributed by atoms with E-state index >= 15 is 0 Å². The minimum atomic E-state index is 0. The zero-order valence-electron chi connectivity index (χ0n) is 18.7. The molecule has 0 unspecified atom stereocenters. The van der Waals surface area contributed by atoms with Gasteiger partial charge in [0.2, 0.25) is 0 Å². The first kappa shape index (κ1) is 32.1. The summed E-state index contributed by atoms with van der Waals surface area (Å²) in [5.74, 6) is 3.34. The van der Waals surface area contributed by atoms with Gasteiger partial charge in [0, 0.05) is 46.9 Å². The quantitative estimate of drug-likeness (QED) is 0.130. The van der Waals surface area contributed by atoms with Crippen LogP contribution in [-0.2, 0) is 23.0 Å². The normalized spacial score (nSPS) is 8.85. The number of hydrogen-bond acceptors (Lipinski definition) is 4. The molecule has 0 aromatic heterocycles. The molecule has 0 saturated carbocycles. The average molecular weight is 616 g/mol. The SMILES string of the molecule is SCc1ccccc1.SCc1ccccc1.SCc1ccccc1.SCc1ccccc1.[Sn]. The minimum Gasteiger partial charge on any atom is -0.175 e. The van der Waals surface area contributed by atoms with Crippen molar-refractivity contribution in [2.45, 2.75) is 23.0 Å². The molecule has 0 N–H and O–H groups in total. The Morgan fingerprint density at radius 3 is 0.545 bits per heavy atom. The van der Waals surface area contributed by atoms with Crippen molar-refractivity contribution in [1.29, 1.82) is 0 Å². The fraction of sp³-hybridized carbons (Fsp3) is 0.143. The molecular formula is C28H32S4Sn. The summed E-state index contributed by atoms with van der Waals surface area (Å²) < 4.78 is 0. The van der Waals surface area contributed by atoms with Gasteiger partial charge >= 0.3 is 0 Å². The second-order valence-corrected chi connectivity index (χ2v) is 7.84. The van der Waals surface area contributed by atoms with Gasteiger partial charge in [-0.3, -0.25) is 0 Å². The van der Waals surface area contributed by atoms with E-state index in [1.807, 2.05) is 72.8 Å². The number of hydrogen-bond donors (Lipinski definition) is 4. The van der Waals surface area contributed by atoms with Crippen molar-refractivity contribution < 1.29 is 0 Å². The standard InChI is InChI=1S/4C7H8S.Sn/c4*8-6-7-4-2-1-3-5-7;/h4*1-5,8H,6H2;. The Balaban J connectivity index is 0.000000410. The molecule has 0 aliphatic carbocycles. The Kier molecular flexibility index (Phi) is 22.2. The van der Waals surface area contributed by atoms with E-state index in [1.165, 1.54) is 22.3 Å². The molecule has 0 atom stereocenters. The summed E-state index contributed by atoms with van der Waals surface area (Å²) >= 11 is 16.4. The predicted molar refractivity (Wildman–Crippen MR) is 162 cm³/mol. The second-order valence-electron chi connectivity index (χ2n) is 6.57. The van der Waals surface area contributed by atoms with Crippen LogP contribution in [0.15, 0.2) is 121 Å². The third kappa shape index (κ3) is 17.2. The molecule has 0 heterocycles. The Labute approximate surface area is 239 Å². The summed E-state index contributed by atoms with van der Waals surface area (Å²) in [5.41, 5.74) is 5.10. The average Bonchev–Trinajstić information content (AvgIpc) is 2.91. The molecule has 0 bridgehead atoms. The first-order valence-electron chi connectivity index (χ1n) is 10.3. The minimum absolute atomic E-state index is 0. The molecule has 0 saturated heterocycles. The van der Waals surface area contributed by atoms with E-state index in [1.54, 1.807) is 0 Å². The van der Waals surface area contributed by atoms with Crippen LogP contribution < -0.4 is 0 Å². The zero-order chi connectivity index (χ0) is 23.3. The third-order valence-electron chi connectivity index (χ3n) is 4.10. The summed E-state index contributed by atoms with van der Waals surface area (Å²) in [6.07, 6.45) is 0. The molecule has 0 fully saturated rings. The predicted octanol–water partition coefficient (Wildman–Crippen LogP) is 8.08. The zero-order valence-corrected chi connectivity index (χ0v) is 25.1. The van der Waals surface area contributed by atoms with Gasteiger partial charge in [-0.15, -0.1) is 0 Å². The van der Waals surface area contributed by atoms with Crippen molar-refractivity contribution in [3.8, 4) is 0 Å². The number of thiol groups is 4. The van der Waals surface area contributed by atoms with Crippen LogP contribution in [0.1, 0.15) is 22.3 Å². The van der Waals surface area contributed by atoms with E-state index in [-0.39, 0.29) is 23.9 Å². The summed E-state index contributed by atoms with van der Waals surface area (Å²) in [4.78, 5) is 0. The van der Waals surface area contributed by atoms with Crippen LogP contribution in [0, 0.1) is 0 Å². The van der Waals surface area contributed by atoms with E-state index in [0.717, 1.165) is 23.0 Å². The van der Waals surface area contributed by atoms with Crippen molar-refractivity contribution in [1.82, 2.24) is 0 Å². The van der Waals surface area contributed by atoms with Gasteiger partial charge in [0.1, 0.15) is 0 Å². The van der Waals surface area contributed by atoms with Crippen molar-refractivity contribution in [3.05, 3.63) is 144 Å². The van der Waals surface area contributed by atoms with Crippen molar-refractivity contribution in [2.75, 3.05) is 0 Å². The van der Waals surface area contributed by atoms with E-state index < -0.39 is 0 Å². The van der Waals surface area contributed by atoms with Crippen LogP contribution >= 0.6 is 50.5 Å². The topological polar surface area (TPSA) is 0 Å². The van der Waals surface area contributed by atoms with E-state index in [2.05, 4.69) is 99.0 Å². The van der Waals surface area contributed by atoms with Gasteiger partial charge < -0.3 is 0 Å².